The molecule has 9 nitrogen and oxygen atoms in total. The van der Waals surface area contributed by atoms with E-state index >= 15 is 0 Å². The van der Waals surface area contributed by atoms with E-state index < -0.39 is 29.3 Å². The Morgan fingerprint density at radius 2 is 1.80 bits per heavy atom. The van der Waals surface area contributed by atoms with Crippen molar-refractivity contribution >= 4 is 23.5 Å². The Balaban J connectivity index is 1.48. The fourth-order valence-corrected chi connectivity index (χ4v) is 7.54. The summed E-state index contributed by atoms with van der Waals surface area (Å²) in [5, 5.41) is 10.7. The van der Waals surface area contributed by atoms with Crippen LogP contribution in [0.15, 0.2) is 36.4 Å². The first-order valence-electron chi connectivity index (χ1n) is 16.7. The molecule has 3 heterocycles. The molecular formula is C36H48FN3O6. The Bertz CT molecular complexity index is 1440. The fourth-order valence-electron chi connectivity index (χ4n) is 7.54. The zero-order valence-corrected chi connectivity index (χ0v) is 27.8. The lowest BCUT2D eigenvalue weighted by Crippen LogP contribution is -2.48. The second-order valence-corrected chi connectivity index (χ2v) is 13.7. The van der Waals surface area contributed by atoms with Crippen molar-refractivity contribution in [3.05, 3.63) is 53.3 Å². The maximum Gasteiger partial charge on any atom is 0.308 e. The van der Waals surface area contributed by atoms with Crippen molar-refractivity contribution in [2.24, 2.45) is 11.3 Å². The number of carbonyl (C=O) groups is 3. The molecular weight excluding hydrogens is 589 g/mol. The van der Waals surface area contributed by atoms with Gasteiger partial charge in [0.25, 0.3) is 0 Å². The highest BCUT2D eigenvalue weighted by Crippen LogP contribution is 2.43. The Morgan fingerprint density at radius 3 is 2.43 bits per heavy atom. The molecule has 2 amide bonds. The minimum absolute atomic E-state index is 0.00922. The largest absolute Gasteiger partial charge is 0.481 e. The number of anilines is 1. The second-order valence-electron chi connectivity index (χ2n) is 13.7. The van der Waals surface area contributed by atoms with Crippen LogP contribution < -0.4 is 14.4 Å². The average molecular weight is 638 g/mol. The molecule has 2 aromatic carbocycles. The van der Waals surface area contributed by atoms with Gasteiger partial charge < -0.3 is 24.4 Å². The summed E-state index contributed by atoms with van der Waals surface area (Å²) in [6.07, 6.45) is 4.54. The molecule has 10 heteroatoms. The lowest BCUT2D eigenvalue weighted by Gasteiger charge is -2.35. The van der Waals surface area contributed by atoms with Crippen molar-refractivity contribution in [1.82, 2.24) is 9.80 Å². The van der Waals surface area contributed by atoms with Crippen molar-refractivity contribution in [2.45, 2.75) is 91.1 Å². The number of benzene rings is 2. The van der Waals surface area contributed by atoms with E-state index in [-0.39, 0.29) is 37.0 Å². The topological polar surface area (TPSA) is 99.6 Å². The van der Waals surface area contributed by atoms with Gasteiger partial charge in [-0.2, -0.15) is 0 Å². The number of nitrogens with zero attached hydrogens (tertiary/aromatic N) is 3. The van der Waals surface area contributed by atoms with E-state index in [0.29, 0.717) is 48.8 Å². The zero-order valence-electron chi connectivity index (χ0n) is 27.8. The van der Waals surface area contributed by atoms with E-state index in [1.807, 2.05) is 46.7 Å². The number of carboxylic acid groups (broad SMARTS) is 1. The predicted molar refractivity (Wildman–Crippen MR) is 174 cm³/mol. The van der Waals surface area contributed by atoms with Crippen molar-refractivity contribution in [3.8, 4) is 11.5 Å². The number of rotatable bonds is 13. The summed E-state index contributed by atoms with van der Waals surface area (Å²) in [7, 11) is 0. The summed E-state index contributed by atoms with van der Waals surface area (Å²) < 4.78 is 25.4. The number of carboxylic acids is 1. The molecule has 3 aliphatic rings. The van der Waals surface area contributed by atoms with Gasteiger partial charge in [-0.1, -0.05) is 46.6 Å². The molecule has 0 saturated carbocycles. The van der Waals surface area contributed by atoms with Crippen LogP contribution in [0.1, 0.15) is 83.3 Å². The molecule has 2 fully saturated rings. The van der Waals surface area contributed by atoms with Crippen molar-refractivity contribution < 1.29 is 33.4 Å². The smallest absolute Gasteiger partial charge is 0.308 e. The first-order chi connectivity index (χ1) is 21.9. The lowest BCUT2D eigenvalue weighted by molar-refractivity contribution is -0.143. The maximum absolute atomic E-state index is 14.4. The van der Waals surface area contributed by atoms with Crippen LogP contribution in [0.3, 0.4) is 0 Å². The van der Waals surface area contributed by atoms with Crippen LogP contribution in [-0.4, -0.2) is 77.7 Å². The van der Waals surface area contributed by atoms with Crippen molar-refractivity contribution in [1.29, 1.82) is 0 Å². The van der Waals surface area contributed by atoms with Crippen LogP contribution in [0.5, 0.6) is 11.5 Å². The standard InChI is InChI=1S/C36H48FN3O6/c1-6-8-25(9-7-2)40(26-11-12-28(37)23(3)18-26)32(41)21-39-20-27(24-10-13-30-31(19-24)46-22-45-30)33(34(42)43)29(39)14-16-38-17-15-36(4,5)35(38)44/h10-13,18-19,25,27,29,33H,6-9,14-17,20-22H2,1-5H3,(H,42,43). The number of ether oxygens (including phenoxy) is 2. The third-order valence-electron chi connectivity index (χ3n) is 10.1. The maximum atomic E-state index is 14.4. The highest BCUT2D eigenvalue weighted by atomic mass is 19.1. The second kappa shape index (κ2) is 14.0. The van der Waals surface area contributed by atoms with Gasteiger partial charge in [-0.15, -0.1) is 0 Å². The van der Waals surface area contributed by atoms with Crippen LogP contribution in [0.25, 0.3) is 0 Å². The van der Waals surface area contributed by atoms with E-state index in [0.717, 1.165) is 37.7 Å². The van der Waals surface area contributed by atoms with Crippen LogP contribution in [0.2, 0.25) is 0 Å². The summed E-state index contributed by atoms with van der Waals surface area (Å²) in [6, 6.07) is 9.78. The molecule has 0 bridgehead atoms. The number of hydrogen-bond acceptors (Lipinski definition) is 6. The Kier molecular flexibility index (Phi) is 10.2. The van der Waals surface area contributed by atoms with Gasteiger partial charge in [0.1, 0.15) is 5.82 Å². The lowest BCUT2D eigenvalue weighted by atomic mass is 9.84. The van der Waals surface area contributed by atoms with Crippen LogP contribution >= 0.6 is 0 Å². The number of halogens is 1. The first kappa shape index (κ1) is 33.7. The number of aryl methyl sites for hydroxylation is 1. The van der Waals surface area contributed by atoms with Crippen molar-refractivity contribution in [2.75, 3.05) is 37.9 Å². The van der Waals surface area contributed by atoms with Crippen LogP contribution in [-0.2, 0) is 14.4 Å². The normalized spacial score (nSPS) is 22.2. The SMILES string of the molecule is CCCC(CCC)N(C(=O)CN1CC(c2ccc3c(c2)OCO3)C(C(=O)O)C1CCN1CCC(C)(C)C1=O)c1ccc(F)c(C)c1. The van der Waals surface area contributed by atoms with Crippen molar-refractivity contribution in [3.63, 3.8) is 0 Å². The quantitative estimate of drug-likeness (QED) is 0.288. The predicted octanol–water partition coefficient (Wildman–Crippen LogP) is 5.98. The monoisotopic (exact) mass is 637 g/mol. The van der Waals surface area contributed by atoms with E-state index in [4.69, 9.17) is 9.47 Å². The zero-order chi connectivity index (χ0) is 33.2. The molecule has 5 rings (SSSR count). The summed E-state index contributed by atoms with van der Waals surface area (Å²) in [5.41, 5.74) is 1.50. The van der Waals surface area contributed by atoms with Gasteiger partial charge in [-0.05, 0) is 74.1 Å². The third kappa shape index (κ3) is 6.87. The molecule has 0 aliphatic carbocycles. The summed E-state index contributed by atoms with van der Waals surface area (Å²) in [6.45, 7) is 11.3. The molecule has 3 aliphatic heterocycles. The number of fused-ring (bicyclic) bond motifs is 1. The highest BCUT2D eigenvalue weighted by molar-refractivity contribution is 5.95. The minimum Gasteiger partial charge on any atom is -0.481 e. The van der Waals surface area contributed by atoms with E-state index in [2.05, 4.69) is 13.8 Å². The summed E-state index contributed by atoms with van der Waals surface area (Å²) >= 11 is 0. The number of hydrogen-bond donors (Lipinski definition) is 1. The summed E-state index contributed by atoms with van der Waals surface area (Å²) in [5.74, 6) is -1.33. The average Bonchev–Trinajstić information content (AvgIpc) is 3.69. The number of aliphatic carboxylic acids is 1. The molecule has 1 N–H and O–H groups in total. The van der Waals surface area contributed by atoms with Gasteiger partial charge in [-0.25, -0.2) is 4.39 Å². The molecule has 0 aromatic heterocycles. The number of carbonyl (C=O) groups excluding carboxylic acids is 2. The van der Waals surface area contributed by atoms with E-state index in [1.54, 1.807) is 19.1 Å². The molecule has 2 saturated heterocycles. The van der Waals surface area contributed by atoms with Crippen LogP contribution in [0.4, 0.5) is 10.1 Å². The molecule has 46 heavy (non-hydrogen) atoms. The highest BCUT2D eigenvalue weighted by Gasteiger charge is 2.48. The molecule has 2 aromatic rings. The van der Waals surface area contributed by atoms with Gasteiger partial charge in [0, 0.05) is 48.7 Å². The third-order valence-corrected chi connectivity index (χ3v) is 10.1. The van der Waals surface area contributed by atoms with Crippen LogP contribution in [0, 0.1) is 24.1 Å². The van der Waals surface area contributed by atoms with Gasteiger partial charge >= 0.3 is 5.97 Å². The Hall–Kier alpha value is -3.66. The molecule has 250 valence electrons. The van der Waals surface area contributed by atoms with E-state index in [1.165, 1.54) is 6.07 Å². The molecule has 3 atom stereocenters. The molecule has 0 radical (unpaired) electrons. The molecule has 0 spiro atoms. The number of likely N-dealkylation sites (tertiary alicyclic amines) is 2. The first-order valence-corrected chi connectivity index (χ1v) is 16.7. The summed E-state index contributed by atoms with van der Waals surface area (Å²) in [4.78, 5) is 46.2. The van der Waals surface area contributed by atoms with Gasteiger partial charge in [0.05, 0.1) is 12.5 Å². The van der Waals surface area contributed by atoms with Gasteiger partial charge in [0.2, 0.25) is 18.6 Å². The Morgan fingerprint density at radius 1 is 1.09 bits per heavy atom. The minimum atomic E-state index is -0.934. The Labute approximate surface area is 271 Å². The van der Waals surface area contributed by atoms with E-state index in [9.17, 15) is 23.9 Å². The number of amides is 2. The fraction of sp³-hybridized carbons (Fsp3) is 0.583. The van der Waals surface area contributed by atoms with Gasteiger partial charge in [-0.3, -0.25) is 19.3 Å². The molecule has 3 unspecified atom stereocenters. The van der Waals surface area contributed by atoms with Gasteiger partial charge in [0.15, 0.2) is 11.5 Å².